The predicted molar refractivity (Wildman–Crippen MR) is 120 cm³/mol. The van der Waals surface area contributed by atoms with Crippen molar-refractivity contribution >= 4 is 21.8 Å². The predicted octanol–water partition coefficient (Wildman–Crippen LogP) is 2.84. The van der Waals surface area contributed by atoms with Gasteiger partial charge in [-0.05, 0) is 56.5 Å². The molecule has 30 heavy (non-hydrogen) atoms. The Labute approximate surface area is 179 Å². The summed E-state index contributed by atoms with van der Waals surface area (Å²) in [6.07, 6.45) is 1.64. The number of nitrogens with one attached hydrogen (secondary N) is 1. The summed E-state index contributed by atoms with van der Waals surface area (Å²) in [5.74, 6) is 0.486. The summed E-state index contributed by atoms with van der Waals surface area (Å²) in [6.45, 7) is 4.15. The van der Waals surface area contributed by atoms with Crippen LogP contribution >= 0.6 is 0 Å². The number of carbonyl (C=O) groups excluding carboxylic acids is 1. The minimum atomic E-state index is -3.78. The average molecular weight is 434 g/mol. The molecule has 2 aromatic carbocycles. The number of hydrogen-bond donors (Lipinski definition) is 1. The summed E-state index contributed by atoms with van der Waals surface area (Å²) in [7, 11) is -0.894. The SMILES string of the molecule is CC(C)Oc1cccc(CCCNC(=O)CN(c2ccccc2)S(=O)(=O)N(C)C)c1. The maximum atomic E-state index is 12.6. The topological polar surface area (TPSA) is 79.0 Å². The van der Waals surface area contributed by atoms with Gasteiger partial charge in [-0.1, -0.05) is 30.3 Å². The molecule has 7 nitrogen and oxygen atoms in total. The van der Waals surface area contributed by atoms with Gasteiger partial charge in [-0.2, -0.15) is 12.7 Å². The molecule has 0 saturated carbocycles. The third-order valence-corrected chi connectivity index (χ3v) is 6.13. The number of aryl methyl sites for hydroxylation is 1. The van der Waals surface area contributed by atoms with Crippen molar-refractivity contribution in [3.63, 3.8) is 0 Å². The highest BCUT2D eigenvalue weighted by molar-refractivity contribution is 7.90. The number of ether oxygens (including phenoxy) is 1. The fraction of sp³-hybridized carbons (Fsp3) is 0.409. The summed E-state index contributed by atoms with van der Waals surface area (Å²) >= 11 is 0. The molecule has 0 bridgehead atoms. The first-order valence-electron chi connectivity index (χ1n) is 9.97. The normalized spacial score (nSPS) is 11.5. The summed E-state index contributed by atoms with van der Waals surface area (Å²) in [5, 5.41) is 2.82. The molecule has 0 spiro atoms. The van der Waals surface area contributed by atoms with E-state index >= 15 is 0 Å². The van der Waals surface area contributed by atoms with E-state index in [-0.39, 0.29) is 18.6 Å². The molecule has 0 aliphatic heterocycles. The van der Waals surface area contributed by atoms with Crippen molar-refractivity contribution in [2.45, 2.75) is 32.8 Å². The van der Waals surface area contributed by atoms with Gasteiger partial charge in [0.2, 0.25) is 5.91 Å². The van der Waals surface area contributed by atoms with Gasteiger partial charge in [0.15, 0.2) is 0 Å². The zero-order valence-corrected chi connectivity index (χ0v) is 18.9. The number of nitrogens with zero attached hydrogens (tertiary/aromatic N) is 2. The quantitative estimate of drug-likeness (QED) is 0.553. The number of benzene rings is 2. The Hall–Kier alpha value is -2.58. The summed E-state index contributed by atoms with van der Waals surface area (Å²) in [6, 6.07) is 16.5. The maximum absolute atomic E-state index is 12.6. The molecule has 8 heteroatoms. The van der Waals surface area contributed by atoms with Crippen molar-refractivity contribution in [1.82, 2.24) is 9.62 Å². The van der Waals surface area contributed by atoms with Crippen LogP contribution in [0.1, 0.15) is 25.8 Å². The second-order valence-corrected chi connectivity index (χ2v) is 9.47. The molecule has 0 aliphatic carbocycles. The molecule has 0 aliphatic rings. The average Bonchev–Trinajstić information content (AvgIpc) is 2.69. The Kier molecular flexibility index (Phi) is 8.68. The molecule has 0 fully saturated rings. The molecule has 1 amide bonds. The van der Waals surface area contributed by atoms with E-state index in [1.54, 1.807) is 30.3 Å². The number of amides is 1. The van der Waals surface area contributed by atoms with Gasteiger partial charge in [-0.15, -0.1) is 0 Å². The van der Waals surface area contributed by atoms with Crippen molar-refractivity contribution in [2.24, 2.45) is 0 Å². The van der Waals surface area contributed by atoms with Crippen LogP contribution in [0.5, 0.6) is 5.75 Å². The monoisotopic (exact) mass is 433 g/mol. The maximum Gasteiger partial charge on any atom is 0.304 e. The Morgan fingerprint density at radius 2 is 1.77 bits per heavy atom. The van der Waals surface area contributed by atoms with Gasteiger partial charge in [-0.25, -0.2) is 4.31 Å². The number of hydrogen-bond acceptors (Lipinski definition) is 4. The van der Waals surface area contributed by atoms with Gasteiger partial charge < -0.3 is 10.1 Å². The van der Waals surface area contributed by atoms with Crippen LogP contribution in [0.2, 0.25) is 0 Å². The number of rotatable bonds is 11. The summed E-state index contributed by atoms with van der Waals surface area (Å²) < 4.78 is 33.2. The van der Waals surface area contributed by atoms with E-state index in [9.17, 15) is 13.2 Å². The third-order valence-electron chi connectivity index (χ3n) is 4.31. The molecule has 164 valence electrons. The van der Waals surface area contributed by atoms with Crippen molar-refractivity contribution in [2.75, 3.05) is 31.5 Å². The van der Waals surface area contributed by atoms with Crippen molar-refractivity contribution in [1.29, 1.82) is 0 Å². The van der Waals surface area contributed by atoms with E-state index < -0.39 is 10.2 Å². The van der Waals surface area contributed by atoms with Gasteiger partial charge in [0.05, 0.1) is 11.8 Å². The first kappa shape index (κ1) is 23.7. The molecular weight excluding hydrogens is 402 g/mol. The molecule has 0 unspecified atom stereocenters. The number of para-hydroxylation sites is 1. The van der Waals surface area contributed by atoms with Gasteiger partial charge in [0.25, 0.3) is 0 Å². The van der Waals surface area contributed by atoms with Crippen molar-refractivity contribution in [3.8, 4) is 5.75 Å². The molecule has 0 saturated heterocycles. The van der Waals surface area contributed by atoms with Crippen LogP contribution in [-0.2, 0) is 21.4 Å². The summed E-state index contributed by atoms with van der Waals surface area (Å²) in [4.78, 5) is 12.4. The molecule has 0 atom stereocenters. The van der Waals surface area contributed by atoms with Crippen LogP contribution in [0, 0.1) is 0 Å². The van der Waals surface area contributed by atoms with E-state index in [0.717, 1.165) is 32.8 Å². The van der Waals surface area contributed by atoms with Crippen LogP contribution in [0.4, 0.5) is 5.69 Å². The number of carbonyl (C=O) groups is 1. The standard InChI is InChI=1S/C22H31N3O4S/c1-18(2)29-21-14-8-10-19(16-21)11-9-15-23-22(26)17-25(30(27,28)24(3)4)20-12-6-5-7-13-20/h5-8,10,12-14,16,18H,9,11,15,17H2,1-4H3,(H,23,26). The van der Waals surface area contributed by atoms with E-state index in [2.05, 4.69) is 5.32 Å². The smallest absolute Gasteiger partial charge is 0.304 e. The van der Waals surface area contributed by atoms with E-state index in [1.807, 2.05) is 38.1 Å². The first-order valence-corrected chi connectivity index (χ1v) is 11.4. The first-order chi connectivity index (χ1) is 14.2. The van der Waals surface area contributed by atoms with Crippen LogP contribution in [0.25, 0.3) is 0 Å². The molecule has 0 heterocycles. The lowest BCUT2D eigenvalue weighted by Crippen LogP contribution is -2.46. The van der Waals surface area contributed by atoms with Gasteiger partial charge in [0, 0.05) is 20.6 Å². The lowest BCUT2D eigenvalue weighted by Gasteiger charge is -2.26. The Balaban J connectivity index is 1.91. The zero-order chi connectivity index (χ0) is 22.1. The molecular formula is C22H31N3O4S. The minimum absolute atomic E-state index is 0.116. The zero-order valence-electron chi connectivity index (χ0n) is 18.0. The van der Waals surface area contributed by atoms with Crippen molar-refractivity contribution in [3.05, 3.63) is 60.2 Å². The highest BCUT2D eigenvalue weighted by Crippen LogP contribution is 2.19. The van der Waals surface area contributed by atoms with Gasteiger partial charge >= 0.3 is 10.2 Å². The lowest BCUT2D eigenvalue weighted by atomic mass is 10.1. The van der Waals surface area contributed by atoms with E-state index in [1.165, 1.54) is 14.1 Å². The van der Waals surface area contributed by atoms with Crippen LogP contribution in [0.3, 0.4) is 0 Å². The number of anilines is 1. The van der Waals surface area contributed by atoms with Crippen LogP contribution in [-0.4, -0.2) is 51.9 Å². The second-order valence-electron chi connectivity index (χ2n) is 7.40. The highest BCUT2D eigenvalue weighted by atomic mass is 32.2. The van der Waals surface area contributed by atoms with Crippen molar-refractivity contribution < 1.29 is 17.9 Å². The fourth-order valence-corrected chi connectivity index (χ4v) is 3.91. The minimum Gasteiger partial charge on any atom is -0.491 e. The molecule has 1 N–H and O–H groups in total. The Morgan fingerprint density at radius 1 is 1.07 bits per heavy atom. The van der Waals surface area contributed by atoms with Gasteiger partial charge in [0.1, 0.15) is 12.3 Å². The molecule has 2 rings (SSSR count). The van der Waals surface area contributed by atoms with Crippen LogP contribution in [0.15, 0.2) is 54.6 Å². The summed E-state index contributed by atoms with van der Waals surface area (Å²) in [5.41, 5.74) is 1.58. The van der Waals surface area contributed by atoms with Gasteiger partial charge in [-0.3, -0.25) is 4.79 Å². The van der Waals surface area contributed by atoms with Crippen LogP contribution < -0.4 is 14.4 Å². The largest absolute Gasteiger partial charge is 0.491 e. The molecule has 2 aromatic rings. The third kappa shape index (κ3) is 7.03. The molecule has 0 aromatic heterocycles. The lowest BCUT2D eigenvalue weighted by molar-refractivity contribution is -0.119. The Morgan fingerprint density at radius 3 is 2.40 bits per heavy atom. The molecule has 0 radical (unpaired) electrons. The fourth-order valence-electron chi connectivity index (χ4n) is 2.85. The Bertz CT molecular complexity index is 915. The van der Waals surface area contributed by atoms with E-state index in [0.29, 0.717) is 12.2 Å². The highest BCUT2D eigenvalue weighted by Gasteiger charge is 2.26. The second kappa shape index (κ2) is 11.0. The van der Waals surface area contributed by atoms with E-state index in [4.69, 9.17) is 4.74 Å².